The Labute approximate surface area is 244 Å². The number of amides is 2. The molecule has 1 N–H and O–H groups in total. The molecule has 0 aliphatic carbocycles. The molecule has 7 nitrogen and oxygen atoms in total. The van der Waals surface area contributed by atoms with Crippen molar-refractivity contribution in [2.24, 2.45) is 0 Å². The molecule has 39 heavy (non-hydrogen) atoms. The van der Waals surface area contributed by atoms with Crippen LogP contribution in [0.25, 0.3) is 0 Å². The Balaban J connectivity index is 2.05. The number of benzene rings is 3. The van der Waals surface area contributed by atoms with E-state index < -0.39 is 28.5 Å². The Kier molecular flexibility index (Phi) is 10.7. The van der Waals surface area contributed by atoms with E-state index in [2.05, 4.69) is 5.32 Å². The minimum Gasteiger partial charge on any atom is -0.352 e. The molecule has 0 bridgehead atoms. The van der Waals surface area contributed by atoms with Crippen LogP contribution in [0.3, 0.4) is 0 Å². The molecule has 0 fully saturated rings. The average Bonchev–Trinajstić information content (AvgIpc) is 2.92. The summed E-state index contributed by atoms with van der Waals surface area (Å²) < 4.78 is 28.5. The fourth-order valence-corrected chi connectivity index (χ4v) is 5.84. The van der Waals surface area contributed by atoms with Gasteiger partial charge in [-0.15, -0.1) is 0 Å². The van der Waals surface area contributed by atoms with Gasteiger partial charge in [0.15, 0.2) is 0 Å². The SMILES string of the molecule is CC[C@@H](C)NC(=O)[C@H](C)N(Cc1c(Cl)cccc1Cl)C(=O)CN(c1ccc(Cl)cc1)S(=O)(=O)c1ccccc1. The van der Waals surface area contributed by atoms with Crippen LogP contribution in [-0.2, 0) is 26.2 Å². The summed E-state index contributed by atoms with van der Waals surface area (Å²) in [5, 5.41) is 3.93. The zero-order chi connectivity index (χ0) is 28.7. The maximum atomic E-state index is 13.9. The van der Waals surface area contributed by atoms with Gasteiger partial charge in [-0.1, -0.05) is 66.0 Å². The summed E-state index contributed by atoms with van der Waals surface area (Å²) in [6, 6.07) is 17.8. The number of carbonyl (C=O) groups excluding carboxylic acids is 2. The Morgan fingerprint density at radius 1 is 0.872 bits per heavy atom. The monoisotopic (exact) mass is 609 g/mol. The van der Waals surface area contributed by atoms with Crippen molar-refractivity contribution < 1.29 is 18.0 Å². The molecule has 3 rings (SSSR count). The second-order valence-electron chi connectivity index (χ2n) is 9.02. The summed E-state index contributed by atoms with van der Waals surface area (Å²) in [7, 11) is -4.16. The van der Waals surface area contributed by atoms with Gasteiger partial charge in [0.05, 0.1) is 10.6 Å². The molecule has 3 aromatic carbocycles. The number of anilines is 1. The van der Waals surface area contributed by atoms with Gasteiger partial charge in [0.1, 0.15) is 12.6 Å². The number of rotatable bonds is 11. The molecule has 0 radical (unpaired) electrons. The van der Waals surface area contributed by atoms with Crippen LogP contribution in [-0.4, -0.2) is 43.8 Å². The summed E-state index contributed by atoms with van der Waals surface area (Å²) in [5.74, 6) is -1.00. The standard InChI is InChI=1S/C28H30Cl3N3O4S/c1-4-19(2)32-28(36)20(3)33(17-24-25(30)11-8-12-26(24)31)27(35)18-34(22-15-13-21(29)14-16-22)39(37,38)23-9-6-5-7-10-23/h5-16,19-20H,4,17-18H2,1-3H3,(H,32,36)/t19-,20+/m1/s1. The van der Waals surface area contributed by atoms with E-state index in [0.29, 0.717) is 27.1 Å². The zero-order valence-corrected chi connectivity index (χ0v) is 24.9. The molecule has 0 saturated carbocycles. The van der Waals surface area contributed by atoms with Gasteiger partial charge < -0.3 is 10.2 Å². The number of sulfonamides is 1. The number of nitrogens with zero attached hydrogens (tertiary/aromatic N) is 2. The molecule has 2 atom stereocenters. The Bertz CT molecular complexity index is 1380. The van der Waals surface area contributed by atoms with Crippen LogP contribution >= 0.6 is 34.8 Å². The smallest absolute Gasteiger partial charge is 0.264 e. The molecule has 208 valence electrons. The summed E-state index contributed by atoms with van der Waals surface area (Å²) in [5.41, 5.74) is 0.686. The first kappa shape index (κ1) is 30.8. The van der Waals surface area contributed by atoms with Gasteiger partial charge in [0, 0.05) is 33.2 Å². The molecule has 0 aliphatic rings. The third-order valence-electron chi connectivity index (χ3n) is 6.28. The van der Waals surface area contributed by atoms with Crippen LogP contribution < -0.4 is 9.62 Å². The van der Waals surface area contributed by atoms with E-state index >= 15 is 0 Å². The normalized spacial score (nSPS) is 12.9. The van der Waals surface area contributed by atoms with Crippen molar-refractivity contribution in [3.63, 3.8) is 0 Å². The van der Waals surface area contributed by atoms with E-state index in [1.165, 1.54) is 29.2 Å². The molecule has 0 saturated heterocycles. The van der Waals surface area contributed by atoms with Crippen LogP contribution in [0.1, 0.15) is 32.8 Å². The fourth-order valence-electron chi connectivity index (χ4n) is 3.76. The molecule has 0 aromatic heterocycles. The van der Waals surface area contributed by atoms with Crippen LogP contribution in [0.15, 0.2) is 77.7 Å². The van der Waals surface area contributed by atoms with E-state index in [-0.39, 0.29) is 29.1 Å². The van der Waals surface area contributed by atoms with E-state index in [1.54, 1.807) is 55.5 Å². The van der Waals surface area contributed by atoms with E-state index in [4.69, 9.17) is 34.8 Å². The quantitative estimate of drug-likeness (QED) is 0.281. The van der Waals surface area contributed by atoms with Crippen molar-refractivity contribution >= 4 is 62.3 Å². The lowest BCUT2D eigenvalue weighted by molar-refractivity contribution is -0.139. The molecule has 0 heterocycles. The molecular formula is C28H30Cl3N3O4S. The highest BCUT2D eigenvalue weighted by Crippen LogP contribution is 2.28. The molecule has 2 amide bonds. The lowest BCUT2D eigenvalue weighted by Crippen LogP contribution is -2.52. The summed E-state index contributed by atoms with van der Waals surface area (Å²) in [4.78, 5) is 28.3. The molecule has 3 aromatic rings. The highest BCUT2D eigenvalue weighted by atomic mass is 35.5. The topological polar surface area (TPSA) is 86.8 Å². The maximum Gasteiger partial charge on any atom is 0.264 e. The van der Waals surface area contributed by atoms with E-state index in [1.807, 2.05) is 13.8 Å². The van der Waals surface area contributed by atoms with Crippen LogP contribution in [0.5, 0.6) is 0 Å². The Morgan fingerprint density at radius 3 is 2.03 bits per heavy atom. The van der Waals surface area contributed by atoms with Crippen molar-refractivity contribution in [3.05, 3.63) is 93.4 Å². The van der Waals surface area contributed by atoms with Gasteiger partial charge in [-0.25, -0.2) is 8.42 Å². The van der Waals surface area contributed by atoms with Crippen molar-refractivity contribution in [1.29, 1.82) is 0 Å². The predicted octanol–water partition coefficient (Wildman–Crippen LogP) is 6.17. The highest BCUT2D eigenvalue weighted by Gasteiger charge is 2.33. The third-order valence-corrected chi connectivity index (χ3v) is 9.03. The first-order valence-electron chi connectivity index (χ1n) is 12.3. The Hall–Kier alpha value is -2.78. The van der Waals surface area contributed by atoms with Gasteiger partial charge in [-0.05, 0) is 68.8 Å². The van der Waals surface area contributed by atoms with E-state index in [0.717, 1.165) is 4.31 Å². The van der Waals surface area contributed by atoms with Gasteiger partial charge in [-0.2, -0.15) is 0 Å². The fraction of sp³-hybridized carbons (Fsp3) is 0.286. The molecule has 0 spiro atoms. The zero-order valence-electron chi connectivity index (χ0n) is 21.8. The van der Waals surface area contributed by atoms with Crippen LogP contribution in [0.4, 0.5) is 5.69 Å². The third kappa shape index (κ3) is 7.66. The molecular weight excluding hydrogens is 581 g/mol. The lowest BCUT2D eigenvalue weighted by atomic mass is 10.1. The van der Waals surface area contributed by atoms with Crippen LogP contribution in [0, 0.1) is 0 Å². The largest absolute Gasteiger partial charge is 0.352 e. The minimum absolute atomic E-state index is 0.0102. The van der Waals surface area contributed by atoms with Crippen molar-refractivity contribution in [2.75, 3.05) is 10.8 Å². The second-order valence-corrected chi connectivity index (χ2v) is 12.1. The van der Waals surface area contributed by atoms with Crippen molar-refractivity contribution in [3.8, 4) is 0 Å². The van der Waals surface area contributed by atoms with Gasteiger partial charge in [0.2, 0.25) is 11.8 Å². The molecule has 0 unspecified atom stereocenters. The van der Waals surface area contributed by atoms with Gasteiger partial charge >= 0.3 is 0 Å². The summed E-state index contributed by atoms with van der Waals surface area (Å²) in [6.07, 6.45) is 0.697. The van der Waals surface area contributed by atoms with Crippen molar-refractivity contribution in [1.82, 2.24) is 10.2 Å². The number of carbonyl (C=O) groups is 2. The predicted molar refractivity (Wildman–Crippen MR) is 157 cm³/mol. The average molecular weight is 611 g/mol. The van der Waals surface area contributed by atoms with Crippen LogP contribution in [0.2, 0.25) is 15.1 Å². The molecule has 11 heteroatoms. The number of nitrogens with one attached hydrogen (secondary N) is 1. The second kappa shape index (κ2) is 13.5. The number of hydrogen-bond acceptors (Lipinski definition) is 4. The van der Waals surface area contributed by atoms with Gasteiger partial charge in [0.25, 0.3) is 10.0 Å². The van der Waals surface area contributed by atoms with Gasteiger partial charge in [-0.3, -0.25) is 13.9 Å². The minimum atomic E-state index is -4.16. The molecule has 0 aliphatic heterocycles. The summed E-state index contributed by atoms with van der Waals surface area (Å²) >= 11 is 18.8. The highest BCUT2D eigenvalue weighted by molar-refractivity contribution is 7.92. The first-order valence-corrected chi connectivity index (χ1v) is 14.9. The summed E-state index contributed by atoms with van der Waals surface area (Å²) in [6.45, 7) is 4.68. The number of hydrogen-bond donors (Lipinski definition) is 1. The van der Waals surface area contributed by atoms with Crippen molar-refractivity contribution in [2.45, 2.75) is 50.7 Å². The maximum absolute atomic E-state index is 13.9. The van der Waals surface area contributed by atoms with E-state index in [9.17, 15) is 18.0 Å². The lowest BCUT2D eigenvalue weighted by Gasteiger charge is -2.32. The Morgan fingerprint density at radius 2 is 1.46 bits per heavy atom. The first-order chi connectivity index (χ1) is 18.4. The number of halogens is 3.